The quantitative estimate of drug-likeness (QED) is 0.514. The van der Waals surface area contributed by atoms with Crippen LogP contribution in [0.1, 0.15) is 21.7 Å². The average Bonchev–Trinajstić information content (AvgIpc) is 3.26. The summed E-state index contributed by atoms with van der Waals surface area (Å²) in [7, 11) is 0. The van der Waals surface area contributed by atoms with Gasteiger partial charge in [0, 0.05) is 16.7 Å². The summed E-state index contributed by atoms with van der Waals surface area (Å²) in [4.78, 5) is 37.1. The van der Waals surface area contributed by atoms with Gasteiger partial charge in [0.15, 0.2) is 0 Å². The molecule has 0 spiro atoms. The summed E-state index contributed by atoms with van der Waals surface area (Å²) in [6, 6.07) is 13.6. The molecular formula is C22H14ClN2O5-. The van der Waals surface area contributed by atoms with Crippen molar-refractivity contribution in [2.45, 2.75) is 6.92 Å². The number of urea groups is 1. The summed E-state index contributed by atoms with van der Waals surface area (Å²) in [5.41, 5.74) is 1.82. The second kappa shape index (κ2) is 7.53. The number of carboxylic acid groups (broad SMARTS) is 1. The zero-order valence-electron chi connectivity index (χ0n) is 15.6. The molecule has 150 valence electrons. The number of anilines is 1. The fraction of sp³-hybridized carbons (Fsp3) is 0.0455. The van der Waals surface area contributed by atoms with Crippen molar-refractivity contribution in [3.63, 3.8) is 0 Å². The van der Waals surface area contributed by atoms with Crippen molar-refractivity contribution in [1.82, 2.24) is 5.32 Å². The van der Waals surface area contributed by atoms with E-state index in [2.05, 4.69) is 5.32 Å². The Morgan fingerprint density at radius 1 is 1.13 bits per heavy atom. The third kappa shape index (κ3) is 3.58. The van der Waals surface area contributed by atoms with Crippen LogP contribution in [-0.2, 0) is 4.79 Å². The number of furan rings is 1. The Kier molecular flexibility index (Phi) is 4.89. The minimum atomic E-state index is -1.29. The molecule has 1 aromatic heterocycles. The predicted octanol–water partition coefficient (Wildman–Crippen LogP) is 3.37. The number of nitrogens with one attached hydrogen (secondary N) is 1. The van der Waals surface area contributed by atoms with Crippen molar-refractivity contribution in [3.8, 4) is 11.3 Å². The summed E-state index contributed by atoms with van der Waals surface area (Å²) in [6.07, 6.45) is 1.41. The van der Waals surface area contributed by atoms with E-state index in [1.54, 1.807) is 36.4 Å². The molecule has 1 saturated heterocycles. The highest BCUT2D eigenvalue weighted by Gasteiger charge is 2.35. The Balaban J connectivity index is 1.64. The lowest BCUT2D eigenvalue weighted by atomic mass is 10.0. The van der Waals surface area contributed by atoms with Gasteiger partial charge in [-0.1, -0.05) is 29.8 Å². The van der Waals surface area contributed by atoms with Crippen LogP contribution in [0.15, 0.2) is 64.7 Å². The Morgan fingerprint density at radius 3 is 2.67 bits per heavy atom. The Morgan fingerprint density at radius 2 is 1.93 bits per heavy atom. The molecule has 0 saturated carbocycles. The molecule has 4 rings (SSSR count). The average molecular weight is 422 g/mol. The molecular weight excluding hydrogens is 408 g/mol. The first-order valence-corrected chi connectivity index (χ1v) is 9.26. The van der Waals surface area contributed by atoms with E-state index in [0.29, 0.717) is 27.8 Å². The first-order valence-electron chi connectivity index (χ1n) is 8.88. The van der Waals surface area contributed by atoms with Gasteiger partial charge < -0.3 is 19.6 Å². The minimum absolute atomic E-state index is 0.0299. The SMILES string of the molecule is Cc1ccc(C(=O)[O-])cc1-c1ccc(C=C2NC(=O)N(c3cccc(Cl)c3)C2=O)o1. The van der Waals surface area contributed by atoms with E-state index in [1.807, 2.05) is 6.92 Å². The van der Waals surface area contributed by atoms with Gasteiger partial charge in [0.2, 0.25) is 0 Å². The first-order chi connectivity index (χ1) is 14.3. The summed E-state index contributed by atoms with van der Waals surface area (Å²) < 4.78 is 5.76. The molecule has 3 amide bonds. The fourth-order valence-corrected chi connectivity index (χ4v) is 3.30. The van der Waals surface area contributed by atoms with Crippen LogP contribution in [0.2, 0.25) is 5.02 Å². The van der Waals surface area contributed by atoms with E-state index in [9.17, 15) is 19.5 Å². The Bertz CT molecular complexity index is 1230. The lowest BCUT2D eigenvalue weighted by Gasteiger charge is -2.11. The molecule has 1 N–H and O–H groups in total. The van der Waals surface area contributed by atoms with Gasteiger partial charge >= 0.3 is 6.03 Å². The Labute approximate surface area is 176 Å². The van der Waals surface area contributed by atoms with E-state index in [4.69, 9.17) is 16.0 Å². The van der Waals surface area contributed by atoms with Crippen LogP contribution in [0.4, 0.5) is 10.5 Å². The second-order valence-electron chi connectivity index (χ2n) is 6.63. The fourth-order valence-electron chi connectivity index (χ4n) is 3.12. The van der Waals surface area contributed by atoms with Crippen LogP contribution in [0.3, 0.4) is 0 Å². The van der Waals surface area contributed by atoms with Crippen LogP contribution >= 0.6 is 11.6 Å². The third-order valence-electron chi connectivity index (χ3n) is 4.60. The summed E-state index contributed by atoms with van der Waals surface area (Å²) in [5, 5.41) is 14.0. The molecule has 1 aliphatic heterocycles. The molecule has 0 atom stereocenters. The highest BCUT2D eigenvalue weighted by Crippen LogP contribution is 2.29. The maximum atomic E-state index is 12.7. The van der Waals surface area contributed by atoms with Crippen LogP contribution in [0.5, 0.6) is 0 Å². The zero-order chi connectivity index (χ0) is 21.4. The van der Waals surface area contributed by atoms with Crippen molar-refractivity contribution >= 4 is 41.3 Å². The second-order valence-corrected chi connectivity index (χ2v) is 7.06. The van der Waals surface area contributed by atoms with E-state index >= 15 is 0 Å². The topological polar surface area (TPSA) is 103 Å². The number of halogens is 1. The number of carbonyl (C=O) groups excluding carboxylic acids is 3. The normalized spacial score (nSPS) is 15.0. The molecule has 2 heterocycles. The summed E-state index contributed by atoms with van der Waals surface area (Å²) in [6.45, 7) is 1.82. The lowest BCUT2D eigenvalue weighted by molar-refractivity contribution is -0.255. The first kappa shape index (κ1) is 19.5. The molecule has 3 aromatic rings. The van der Waals surface area contributed by atoms with Crippen LogP contribution in [-0.4, -0.2) is 17.9 Å². The maximum absolute atomic E-state index is 12.7. The number of aryl methyl sites for hydroxylation is 1. The number of hydrogen-bond acceptors (Lipinski definition) is 5. The van der Waals surface area contributed by atoms with E-state index in [-0.39, 0.29) is 11.3 Å². The number of benzene rings is 2. The minimum Gasteiger partial charge on any atom is -0.545 e. The Hall–Kier alpha value is -3.84. The van der Waals surface area contributed by atoms with E-state index < -0.39 is 17.9 Å². The van der Waals surface area contributed by atoms with E-state index in [1.165, 1.54) is 24.3 Å². The van der Waals surface area contributed by atoms with Gasteiger partial charge in [0.25, 0.3) is 5.91 Å². The maximum Gasteiger partial charge on any atom is 0.333 e. The molecule has 0 unspecified atom stereocenters. The lowest BCUT2D eigenvalue weighted by Crippen LogP contribution is -2.30. The number of amides is 3. The van der Waals surface area contributed by atoms with Crippen molar-refractivity contribution in [1.29, 1.82) is 0 Å². The molecule has 0 bridgehead atoms. The number of imide groups is 1. The predicted molar refractivity (Wildman–Crippen MR) is 109 cm³/mol. The molecule has 0 aliphatic carbocycles. The smallest absolute Gasteiger partial charge is 0.333 e. The van der Waals surface area contributed by atoms with Crippen LogP contribution < -0.4 is 15.3 Å². The number of hydrogen-bond donors (Lipinski definition) is 1. The van der Waals surface area contributed by atoms with Gasteiger partial charge in [0.05, 0.1) is 11.7 Å². The van der Waals surface area contributed by atoms with Gasteiger partial charge in [-0.25, -0.2) is 9.69 Å². The van der Waals surface area contributed by atoms with Crippen molar-refractivity contribution in [2.24, 2.45) is 0 Å². The van der Waals surface area contributed by atoms with Crippen molar-refractivity contribution < 1.29 is 23.9 Å². The molecule has 0 radical (unpaired) electrons. The number of nitrogens with zero attached hydrogens (tertiary/aromatic N) is 1. The zero-order valence-corrected chi connectivity index (χ0v) is 16.4. The summed E-state index contributed by atoms with van der Waals surface area (Å²) in [5.74, 6) is -1.09. The largest absolute Gasteiger partial charge is 0.545 e. The van der Waals surface area contributed by atoms with Crippen molar-refractivity contribution in [3.05, 3.63) is 82.2 Å². The third-order valence-corrected chi connectivity index (χ3v) is 4.83. The number of aromatic carboxylic acids is 1. The summed E-state index contributed by atoms with van der Waals surface area (Å²) >= 11 is 5.95. The molecule has 7 nitrogen and oxygen atoms in total. The van der Waals surface area contributed by atoms with Gasteiger partial charge in [-0.05, 0) is 54.4 Å². The number of rotatable bonds is 4. The number of carbonyl (C=O) groups is 3. The molecule has 1 aliphatic rings. The van der Waals surface area contributed by atoms with Gasteiger partial charge in [-0.15, -0.1) is 0 Å². The van der Waals surface area contributed by atoms with Gasteiger partial charge in [-0.3, -0.25) is 4.79 Å². The van der Waals surface area contributed by atoms with E-state index in [0.717, 1.165) is 10.5 Å². The highest BCUT2D eigenvalue weighted by atomic mass is 35.5. The molecule has 2 aromatic carbocycles. The molecule has 1 fully saturated rings. The van der Waals surface area contributed by atoms with Gasteiger partial charge in [0.1, 0.15) is 17.2 Å². The number of carboxylic acids is 1. The highest BCUT2D eigenvalue weighted by molar-refractivity contribution is 6.32. The standard InChI is InChI=1S/C22H15ClN2O5/c1-12-5-6-13(21(27)28)9-17(12)19-8-7-16(30-19)11-18-20(26)25(22(29)24-18)15-4-2-3-14(23)10-15/h2-11H,1H3,(H,24,29)(H,27,28)/p-1. The van der Waals surface area contributed by atoms with Crippen molar-refractivity contribution in [2.75, 3.05) is 4.90 Å². The molecule has 30 heavy (non-hydrogen) atoms. The van der Waals surface area contributed by atoms with Crippen LogP contribution in [0.25, 0.3) is 17.4 Å². The van der Waals surface area contributed by atoms with Gasteiger partial charge in [-0.2, -0.15) is 0 Å². The monoisotopic (exact) mass is 421 g/mol. The van der Waals surface area contributed by atoms with Crippen LogP contribution in [0, 0.1) is 6.92 Å². The molecule has 8 heteroatoms.